The average molecular weight is 417 g/mol. The van der Waals surface area contributed by atoms with E-state index in [1.54, 1.807) is 24.3 Å². The zero-order chi connectivity index (χ0) is 21.3. The Morgan fingerprint density at radius 1 is 1.10 bits per heavy atom. The van der Waals surface area contributed by atoms with Gasteiger partial charge in [0.05, 0.1) is 36.2 Å². The van der Waals surface area contributed by atoms with E-state index in [1.165, 1.54) is 24.3 Å². The summed E-state index contributed by atoms with van der Waals surface area (Å²) in [5.74, 6) is -6.12. The van der Waals surface area contributed by atoms with Crippen molar-refractivity contribution in [1.29, 1.82) is 0 Å². The fourth-order valence-corrected chi connectivity index (χ4v) is 2.64. The largest absolute Gasteiger partial charge is 0.497 e. The van der Waals surface area contributed by atoms with Crippen LogP contribution in [0.3, 0.4) is 0 Å². The first-order valence-electron chi connectivity index (χ1n) is 8.32. The number of methoxy groups -OCH3 is 1. The summed E-state index contributed by atoms with van der Waals surface area (Å²) in [6, 6.07) is 7.09. The lowest BCUT2D eigenvalue weighted by atomic mass is 10.2. The van der Waals surface area contributed by atoms with E-state index in [9.17, 15) is 17.6 Å². The minimum atomic E-state index is -1.78. The molecular formula is C18H11F4N7O. The molecule has 0 spiro atoms. The first-order valence-corrected chi connectivity index (χ1v) is 8.32. The highest BCUT2D eigenvalue weighted by atomic mass is 19.2. The number of hydrogen-bond donors (Lipinski definition) is 1. The Morgan fingerprint density at radius 3 is 2.60 bits per heavy atom. The number of rotatable bonds is 5. The van der Waals surface area contributed by atoms with Gasteiger partial charge in [-0.2, -0.15) is 24.0 Å². The van der Waals surface area contributed by atoms with Gasteiger partial charge in [-0.1, -0.05) is 6.07 Å². The number of nitrogens with zero attached hydrogens (tertiary/aromatic N) is 6. The Balaban J connectivity index is 1.67. The second kappa shape index (κ2) is 7.73. The van der Waals surface area contributed by atoms with Gasteiger partial charge in [0.1, 0.15) is 12.1 Å². The van der Waals surface area contributed by atoms with Crippen molar-refractivity contribution in [3.05, 3.63) is 65.9 Å². The summed E-state index contributed by atoms with van der Waals surface area (Å²) >= 11 is 0. The second-order valence-electron chi connectivity index (χ2n) is 5.82. The quantitative estimate of drug-likeness (QED) is 0.232. The molecule has 30 heavy (non-hydrogen) atoms. The van der Waals surface area contributed by atoms with Crippen molar-refractivity contribution < 1.29 is 22.3 Å². The molecule has 3 aromatic heterocycles. The van der Waals surface area contributed by atoms with Crippen molar-refractivity contribution in [3.8, 4) is 11.4 Å². The number of pyridine rings is 1. The number of halogens is 4. The van der Waals surface area contributed by atoms with Crippen molar-refractivity contribution in [3.63, 3.8) is 0 Å². The van der Waals surface area contributed by atoms with Gasteiger partial charge in [0.25, 0.3) is 11.9 Å². The highest BCUT2D eigenvalue weighted by molar-refractivity contribution is 5.88. The lowest BCUT2D eigenvalue weighted by Gasteiger charge is -2.06. The fourth-order valence-electron chi connectivity index (χ4n) is 2.64. The third kappa shape index (κ3) is 3.38. The topological polar surface area (TPSA) is 90.1 Å². The molecular weight excluding hydrogens is 406 g/mol. The lowest BCUT2D eigenvalue weighted by Crippen LogP contribution is -2.06. The van der Waals surface area contributed by atoms with Crippen LogP contribution in [0.25, 0.3) is 16.7 Å². The van der Waals surface area contributed by atoms with Gasteiger partial charge in [0.15, 0.2) is 23.1 Å². The fraction of sp³-hybridized carbons (Fsp3) is 0.0556. The van der Waals surface area contributed by atoms with Crippen LogP contribution < -0.4 is 10.2 Å². The first kappa shape index (κ1) is 19.2. The third-order valence-electron chi connectivity index (χ3n) is 4.06. The van der Waals surface area contributed by atoms with E-state index in [0.29, 0.717) is 28.7 Å². The number of aromatic nitrogens is 5. The summed E-state index contributed by atoms with van der Waals surface area (Å²) < 4.78 is 60.4. The summed E-state index contributed by atoms with van der Waals surface area (Å²) in [6.07, 6.45) is 3.27. The molecule has 0 amide bonds. The molecule has 0 saturated carbocycles. The molecule has 0 bridgehead atoms. The first-order chi connectivity index (χ1) is 14.5. The summed E-state index contributed by atoms with van der Waals surface area (Å²) in [5.41, 5.74) is 2.52. The van der Waals surface area contributed by atoms with E-state index in [1.807, 2.05) is 0 Å². The van der Waals surface area contributed by atoms with Crippen molar-refractivity contribution in [2.24, 2.45) is 5.10 Å². The predicted octanol–water partition coefficient (Wildman–Crippen LogP) is 3.22. The molecule has 0 aliphatic rings. The molecule has 1 N–H and O–H groups in total. The number of hydrogen-bond acceptors (Lipinski definition) is 7. The van der Waals surface area contributed by atoms with Crippen molar-refractivity contribution in [2.75, 3.05) is 12.5 Å². The molecule has 1 aromatic carbocycles. The van der Waals surface area contributed by atoms with Gasteiger partial charge in [0, 0.05) is 6.07 Å². The number of nitrogens with one attached hydrogen (secondary N) is 1. The van der Waals surface area contributed by atoms with Crippen molar-refractivity contribution >= 4 is 23.1 Å². The van der Waals surface area contributed by atoms with Gasteiger partial charge in [-0.3, -0.25) is 5.43 Å². The van der Waals surface area contributed by atoms with Crippen LogP contribution >= 0.6 is 0 Å². The average Bonchev–Trinajstić information content (AvgIpc) is 3.20. The molecule has 4 rings (SSSR count). The zero-order valence-electron chi connectivity index (χ0n) is 15.1. The van der Waals surface area contributed by atoms with Crippen LogP contribution in [-0.4, -0.2) is 38.1 Å². The minimum absolute atomic E-state index is 0.154. The smallest absolute Gasteiger partial charge is 0.252 e. The lowest BCUT2D eigenvalue weighted by molar-refractivity contribution is 0.405. The van der Waals surface area contributed by atoms with E-state index in [4.69, 9.17) is 4.74 Å². The van der Waals surface area contributed by atoms with Crippen LogP contribution in [-0.2, 0) is 0 Å². The monoisotopic (exact) mass is 417 g/mol. The minimum Gasteiger partial charge on any atom is -0.497 e. The van der Waals surface area contributed by atoms with Crippen LogP contribution in [0.5, 0.6) is 5.75 Å². The highest BCUT2D eigenvalue weighted by Crippen LogP contribution is 2.23. The normalized spacial score (nSPS) is 11.4. The number of benzene rings is 1. The predicted molar refractivity (Wildman–Crippen MR) is 98.5 cm³/mol. The number of fused-ring (bicyclic) bond motifs is 1. The number of hydrazone groups is 1. The van der Waals surface area contributed by atoms with E-state index in [-0.39, 0.29) is 5.82 Å². The van der Waals surface area contributed by atoms with Gasteiger partial charge in [0.2, 0.25) is 0 Å². The van der Waals surface area contributed by atoms with Crippen LogP contribution in [0.15, 0.2) is 41.9 Å². The molecule has 0 fully saturated rings. The number of anilines is 1. The van der Waals surface area contributed by atoms with Crippen LogP contribution in [0.2, 0.25) is 0 Å². The zero-order valence-corrected chi connectivity index (χ0v) is 15.1. The molecule has 152 valence electrons. The van der Waals surface area contributed by atoms with Gasteiger partial charge >= 0.3 is 0 Å². The van der Waals surface area contributed by atoms with Crippen LogP contribution in [0, 0.1) is 23.5 Å². The number of ether oxygens (including phenoxy) is 1. The molecule has 0 aliphatic carbocycles. The Labute approximate surface area is 165 Å². The SMILES string of the molecule is COc1cccc(-n2ncc3c(NN=Cc4c(F)c(F)nc(F)c4F)ncnc32)c1. The Morgan fingerprint density at radius 2 is 1.87 bits per heavy atom. The van der Waals surface area contributed by atoms with Crippen molar-refractivity contribution in [1.82, 2.24) is 24.7 Å². The summed E-state index contributed by atoms with van der Waals surface area (Å²) in [7, 11) is 1.54. The summed E-state index contributed by atoms with van der Waals surface area (Å²) in [5, 5.41) is 8.31. The highest BCUT2D eigenvalue weighted by Gasteiger charge is 2.19. The molecule has 0 unspecified atom stereocenters. The molecule has 3 heterocycles. The molecule has 8 nitrogen and oxygen atoms in total. The molecule has 12 heteroatoms. The van der Waals surface area contributed by atoms with Crippen LogP contribution in [0.1, 0.15) is 5.56 Å². The molecule has 0 saturated heterocycles. The maximum Gasteiger partial charge on any atom is 0.252 e. The van der Waals surface area contributed by atoms with Gasteiger partial charge in [-0.05, 0) is 12.1 Å². The molecule has 0 aliphatic heterocycles. The Hall–Kier alpha value is -4.09. The van der Waals surface area contributed by atoms with Gasteiger partial charge < -0.3 is 4.74 Å². The maximum absolute atomic E-state index is 13.7. The van der Waals surface area contributed by atoms with E-state index >= 15 is 0 Å². The Kier molecular flexibility index (Phi) is 4.96. The molecule has 0 radical (unpaired) electrons. The molecule has 0 atom stereocenters. The summed E-state index contributed by atoms with van der Waals surface area (Å²) in [6.45, 7) is 0. The van der Waals surface area contributed by atoms with Gasteiger partial charge in [-0.25, -0.2) is 23.4 Å². The van der Waals surface area contributed by atoms with Crippen molar-refractivity contribution in [2.45, 2.75) is 0 Å². The molecule has 4 aromatic rings. The maximum atomic E-state index is 13.7. The third-order valence-corrected chi connectivity index (χ3v) is 4.06. The Bertz CT molecular complexity index is 1250. The van der Waals surface area contributed by atoms with E-state index in [2.05, 4.69) is 30.6 Å². The van der Waals surface area contributed by atoms with Gasteiger partial charge in [-0.15, -0.1) is 0 Å². The summed E-state index contributed by atoms with van der Waals surface area (Å²) in [4.78, 5) is 10.7. The van der Waals surface area contributed by atoms with E-state index < -0.39 is 29.1 Å². The second-order valence-corrected chi connectivity index (χ2v) is 5.82. The van der Waals surface area contributed by atoms with E-state index in [0.717, 1.165) is 0 Å². The van der Waals surface area contributed by atoms with Crippen LogP contribution in [0.4, 0.5) is 23.4 Å². The standard InChI is InChI=1S/C18H11F4N7O/c1-30-10-4-2-3-9(5-10)29-18-12(7-26-29)17(23-8-24-18)28-25-6-11-13(19)15(21)27-16(22)14(11)20/h2-8H,1H3,(H,23,24,28).